The van der Waals surface area contributed by atoms with Crippen molar-refractivity contribution in [3.63, 3.8) is 0 Å². The monoisotopic (exact) mass is 494 g/mol. The molecule has 0 aliphatic carbocycles. The second-order valence-electron chi connectivity index (χ2n) is 9.64. The van der Waals surface area contributed by atoms with Gasteiger partial charge in [0.2, 0.25) is 14.6 Å². The fourth-order valence-corrected chi connectivity index (χ4v) is 11.0. The van der Waals surface area contributed by atoms with E-state index in [0.29, 0.717) is 0 Å². The Morgan fingerprint density at radius 1 is 1.12 bits per heavy atom. The maximum absolute atomic E-state index is 11.2. The normalized spacial score (nSPS) is 29.6. The van der Waals surface area contributed by atoms with Crippen LogP contribution in [0.5, 0.6) is 0 Å². The van der Waals surface area contributed by atoms with Crippen LogP contribution in [0, 0.1) is 10.1 Å². The summed E-state index contributed by atoms with van der Waals surface area (Å²) in [6.45, 7) is 12.9. The van der Waals surface area contributed by atoms with E-state index in [1.54, 1.807) is 0 Å². The molecule has 3 rings (SSSR count). The first kappa shape index (κ1) is 26.4. The molecule has 2 aliphatic heterocycles. The van der Waals surface area contributed by atoms with E-state index in [-0.39, 0.29) is 23.2 Å². The summed E-state index contributed by atoms with van der Waals surface area (Å²) in [4.78, 5) is 18.9. The van der Waals surface area contributed by atoms with Gasteiger partial charge in [0, 0.05) is 10.5 Å². The summed E-state index contributed by atoms with van der Waals surface area (Å²) in [6.07, 6.45) is -4.29. The molecular weight excluding hydrogens is 460 g/mol. The van der Waals surface area contributed by atoms with E-state index in [4.69, 9.17) is 23.5 Å². The first-order valence-electron chi connectivity index (χ1n) is 11.6. The Kier molecular flexibility index (Phi) is 8.55. The Bertz CT molecular complexity index is 859. The van der Waals surface area contributed by atoms with Crippen molar-refractivity contribution in [2.45, 2.75) is 95.1 Å². The molecule has 0 saturated carbocycles. The van der Waals surface area contributed by atoms with Crippen molar-refractivity contribution < 1.29 is 28.6 Å². The van der Waals surface area contributed by atoms with Crippen molar-refractivity contribution in [3.05, 3.63) is 56.5 Å². The van der Waals surface area contributed by atoms with Crippen LogP contribution in [0.4, 0.5) is 0 Å². The third-order valence-electron chi connectivity index (χ3n) is 6.80. The molecule has 0 amide bonds. The minimum absolute atomic E-state index is 0.115. The number of benzene rings is 1. The lowest BCUT2D eigenvalue weighted by atomic mass is 9.96. The number of hydrogen-bond acceptors (Lipinski definition) is 8. The average molecular weight is 495 g/mol. The van der Waals surface area contributed by atoms with Crippen LogP contribution < -0.4 is 0 Å². The van der Waals surface area contributed by atoms with Gasteiger partial charge < -0.3 is 18.6 Å². The highest BCUT2D eigenvalue weighted by Crippen LogP contribution is 2.46. The van der Waals surface area contributed by atoms with Gasteiger partial charge in [-0.15, -0.1) is 10.1 Å². The van der Waals surface area contributed by atoms with Gasteiger partial charge in [0.05, 0.1) is 12.7 Å². The summed E-state index contributed by atoms with van der Waals surface area (Å²) in [6, 6.07) is 8.34. The van der Waals surface area contributed by atoms with Gasteiger partial charge >= 0.3 is 0 Å². The minimum atomic E-state index is -2.52. The molecule has 1 aromatic carbocycles. The summed E-state index contributed by atoms with van der Waals surface area (Å²) < 4.78 is 25.1. The van der Waals surface area contributed by atoms with Gasteiger partial charge in [-0.05, 0) is 22.2 Å². The average Bonchev–Trinajstić information content (AvgIpc) is 2.78. The van der Waals surface area contributed by atoms with Gasteiger partial charge in [-0.3, -0.25) is 4.84 Å². The largest absolute Gasteiger partial charge is 0.410 e. The van der Waals surface area contributed by atoms with Crippen LogP contribution in [-0.4, -0.2) is 50.7 Å². The molecule has 188 valence electrons. The highest BCUT2D eigenvalue weighted by molar-refractivity contribution is 6.77. The van der Waals surface area contributed by atoms with Gasteiger partial charge in [0.25, 0.3) is 5.09 Å². The Labute approximate surface area is 200 Å². The topological polar surface area (TPSA) is 138 Å². The van der Waals surface area contributed by atoms with E-state index in [0.717, 1.165) is 5.56 Å². The van der Waals surface area contributed by atoms with Crippen molar-refractivity contribution in [1.82, 2.24) is 0 Å². The summed E-state index contributed by atoms with van der Waals surface area (Å²) >= 11 is 0. The van der Waals surface area contributed by atoms with Crippen LogP contribution in [-0.2, 0) is 23.5 Å². The Morgan fingerprint density at radius 2 is 1.74 bits per heavy atom. The van der Waals surface area contributed by atoms with Gasteiger partial charge in [-0.25, -0.2) is 0 Å². The highest BCUT2D eigenvalue weighted by atomic mass is 28.4. The van der Waals surface area contributed by atoms with Crippen LogP contribution >= 0.6 is 0 Å². The van der Waals surface area contributed by atoms with Crippen LogP contribution in [0.25, 0.3) is 10.4 Å². The number of fused-ring (bicyclic) bond motifs is 1. The highest BCUT2D eigenvalue weighted by Gasteiger charge is 2.56. The molecule has 6 atom stereocenters. The van der Waals surface area contributed by atoms with Crippen LogP contribution in [0.3, 0.4) is 0 Å². The van der Waals surface area contributed by atoms with E-state index in [1.807, 2.05) is 30.3 Å². The molecule has 0 radical (unpaired) electrons. The first-order chi connectivity index (χ1) is 16.1. The molecule has 0 N–H and O–H groups in total. The maximum Gasteiger partial charge on any atom is 0.297 e. The first-order valence-corrected chi connectivity index (χ1v) is 13.8. The molecule has 1 unspecified atom stereocenters. The van der Waals surface area contributed by atoms with E-state index in [1.165, 1.54) is 0 Å². The smallest absolute Gasteiger partial charge is 0.297 e. The van der Waals surface area contributed by atoms with Crippen molar-refractivity contribution in [2.24, 2.45) is 5.11 Å². The van der Waals surface area contributed by atoms with Gasteiger partial charge in [-0.2, -0.15) is 0 Å². The van der Waals surface area contributed by atoms with Crippen molar-refractivity contribution in [3.8, 4) is 0 Å². The van der Waals surface area contributed by atoms with Crippen molar-refractivity contribution in [1.29, 1.82) is 0 Å². The third kappa shape index (κ3) is 5.22. The van der Waals surface area contributed by atoms with Gasteiger partial charge in [0.15, 0.2) is 6.29 Å². The summed E-state index contributed by atoms with van der Waals surface area (Å²) in [5, 5.41) is 14.1. The predicted octanol–water partition coefficient (Wildman–Crippen LogP) is 5.27. The Balaban J connectivity index is 2.05. The minimum Gasteiger partial charge on any atom is -0.410 e. The fraction of sp³-hybridized carbons (Fsp3) is 0.727. The SMILES string of the molecule is CC(C)[Si](O[C@H]1[C@@H]2O[C@H](c3ccccc3)OC[C@H]2OC(O[N+](=O)[O-])[C@@H]1N=[N+]=[N-])(C(C)C)C(C)C. The molecule has 2 heterocycles. The van der Waals surface area contributed by atoms with Crippen molar-refractivity contribution >= 4 is 8.32 Å². The van der Waals surface area contributed by atoms with E-state index in [2.05, 4.69) is 51.6 Å². The molecule has 2 saturated heterocycles. The molecule has 0 spiro atoms. The number of rotatable bonds is 9. The molecular formula is C22H34N4O7Si. The zero-order chi connectivity index (χ0) is 25.0. The van der Waals surface area contributed by atoms with Gasteiger partial charge in [0.1, 0.15) is 18.2 Å². The summed E-state index contributed by atoms with van der Waals surface area (Å²) in [5.41, 5.74) is 10.8. The number of nitrogens with zero attached hydrogens (tertiary/aromatic N) is 4. The van der Waals surface area contributed by atoms with Gasteiger partial charge in [-0.1, -0.05) is 77.0 Å². The molecule has 34 heavy (non-hydrogen) atoms. The quantitative estimate of drug-likeness (QED) is 0.114. The second kappa shape index (κ2) is 11.0. The number of ether oxygens (including phenoxy) is 3. The molecule has 12 heteroatoms. The van der Waals surface area contributed by atoms with Crippen LogP contribution in [0.1, 0.15) is 53.4 Å². The summed E-state index contributed by atoms with van der Waals surface area (Å²) in [5.74, 6) is 0. The number of hydrogen-bond donors (Lipinski definition) is 0. The third-order valence-corrected chi connectivity index (χ3v) is 12.9. The standard InChI is InChI=1S/C22H34N4O7Si/c1-13(2)34(14(3)4,15(5)6)33-20-18(24-25-23)22(32-26(27)28)30-17-12-29-21(31-19(17)20)16-10-8-7-9-11-16/h7-11,13-15,17-22H,12H2,1-6H3/t17-,18-,19-,20-,21-,22?/m1/s1. The predicted molar refractivity (Wildman–Crippen MR) is 126 cm³/mol. The second-order valence-corrected chi connectivity index (χ2v) is 15.1. The fourth-order valence-electron chi connectivity index (χ4n) is 5.47. The Morgan fingerprint density at radius 3 is 2.26 bits per heavy atom. The lowest BCUT2D eigenvalue weighted by Gasteiger charge is -2.52. The lowest BCUT2D eigenvalue weighted by Crippen LogP contribution is -2.66. The molecule has 0 bridgehead atoms. The van der Waals surface area contributed by atoms with E-state index < -0.39 is 50.3 Å². The van der Waals surface area contributed by atoms with E-state index in [9.17, 15) is 15.6 Å². The molecule has 11 nitrogen and oxygen atoms in total. The molecule has 1 aromatic rings. The molecule has 2 fully saturated rings. The van der Waals surface area contributed by atoms with Crippen LogP contribution in [0.2, 0.25) is 16.6 Å². The molecule has 0 aromatic heterocycles. The zero-order valence-electron chi connectivity index (χ0n) is 20.4. The Hall–Kier alpha value is -2.21. The van der Waals surface area contributed by atoms with Crippen LogP contribution in [0.15, 0.2) is 35.4 Å². The molecule has 2 aliphatic rings. The van der Waals surface area contributed by atoms with Crippen molar-refractivity contribution in [2.75, 3.05) is 6.61 Å². The zero-order valence-corrected chi connectivity index (χ0v) is 21.4. The maximum atomic E-state index is 11.2. The summed E-state index contributed by atoms with van der Waals surface area (Å²) in [7, 11) is -2.52. The van der Waals surface area contributed by atoms with E-state index >= 15 is 0 Å². The lowest BCUT2D eigenvalue weighted by molar-refractivity contribution is -0.784. The number of azide groups is 1.